The third-order valence-electron chi connectivity index (χ3n) is 1.93. The molecule has 72 valence electrons. The van der Waals surface area contributed by atoms with E-state index < -0.39 is 0 Å². The van der Waals surface area contributed by atoms with Crippen molar-refractivity contribution in [2.75, 3.05) is 5.32 Å². The Hall–Kier alpha value is -2.41. The van der Waals surface area contributed by atoms with Gasteiger partial charge in [-0.3, -0.25) is 5.32 Å². The number of anilines is 1. The van der Waals surface area contributed by atoms with E-state index in [2.05, 4.69) is 15.3 Å². The van der Waals surface area contributed by atoms with Crippen molar-refractivity contribution < 1.29 is 0 Å². The maximum Gasteiger partial charge on any atom is 0.236 e. The molecule has 1 N–H and O–H groups in total. The number of nitriles is 1. The molecule has 0 atom stereocenters. The van der Waals surface area contributed by atoms with Crippen LogP contribution in [0, 0.1) is 11.5 Å². The van der Waals surface area contributed by atoms with E-state index in [1.54, 1.807) is 18.6 Å². The quantitative estimate of drug-likeness (QED) is 0.589. The van der Waals surface area contributed by atoms with Crippen molar-refractivity contribution in [2.24, 2.45) is 0 Å². The molecular formula is C11H8N4. The summed E-state index contributed by atoms with van der Waals surface area (Å²) in [4.78, 5) is 8.00. The van der Waals surface area contributed by atoms with Crippen LogP contribution in [0.15, 0.2) is 42.7 Å². The summed E-state index contributed by atoms with van der Waals surface area (Å²) in [6.07, 6.45) is 5.13. The summed E-state index contributed by atoms with van der Waals surface area (Å²) in [7, 11) is 0. The predicted octanol–water partition coefficient (Wildman–Crippen LogP) is 2.04. The first-order chi connectivity index (χ1) is 7.40. The largest absolute Gasteiger partial charge is 0.261 e. The lowest BCUT2D eigenvalue weighted by Crippen LogP contribution is -1.94. The number of benzene rings is 1. The van der Waals surface area contributed by atoms with E-state index >= 15 is 0 Å². The van der Waals surface area contributed by atoms with Crippen molar-refractivity contribution in [2.45, 2.75) is 0 Å². The second-order valence-corrected chi connectivity index (χ2v) is 2.90. The minimum Gasteiger partial charge on any atom is -0.261 e. The highest BCUT2D eigenvalue weighted by Crippen LogP contribution is 2.16. The van der Waals surface area contributed by atoms with E-state index in [9.17, 15) is 0 Å². The number of rotatable bonds is 2. The maximum absolute atomic E-state index is 8.36. The fourth-order valence-electron chi connectivity index (χ4n) is 1.22. The minimum absolute atomic E-state index is 0.317. The standard InChI is InChI=1S/C11H8N4/c12-8-15-11-13-6-10(7-14-11)9-4-2-1-3-5-9/h1-7H,(H,13,14,15). The molecule has 0 aliphatic carbocycles. The Morgan fingerprint density at radius 1 is 1.00 bits per heavy atom. The maximum atomic E-state index is 8.36. The molecule has 0 aliphatic heterocycles. The highest BCUT2D eigenvalue weighted by Gasteiger charge is 1.98. The van der Waals surface area contributed by atoms with Crippen LogP contribution in [-0.2, 0) is 0 Å². The Labute approximate surface area is 87.2 Å². The van der Waals surface area contributed by atoms with Gasteiger partial charge in [-0.2, -0.15) is 5.26 Å². The zero-order chi connectivity index (χ0) is 10.5. The Balaban J connectivity index is 2.29. The molecule has 15 heavy (non-hydrogen) atoms. The van der Waals surface area contributed by atoms with Crippen LogP contribution in [0.25, 0.3) is 11.1 Å². The van der Waals surface area contributed by atoms with Crippen molar-refractivity contribution in [3.63, 3.8) is 0 Å². The van der Waals surface area contributed by atoms with Crippen LogP contribution < -0.4 is 5.32 Å². The first kappa shape index (κ1) is 9.16. The van der Waals surface area contributed by atoms with Crippen molar-refractivity contribution in [1.29, 1.82) is 5.26 Å². The molecular weight excluding hydrogens is 188 g/mol. The summed E-state index contributed by atoms with van der Waals surface area (Å²) in [6, 6.07) is 9.83. The van der Waals surface area contributed by atoms with Crippen LogP contribution in [0.1, 0.15) is 0 Å². The van der Waals surface area contributed by atoms with Crippen LogP contribution in [0.5, 0.6) is 0 Å². The van der Waals surface area contributed by atoms with Gasteiger partial charge in [0.05, 0.1) is 0 Å². The molecule has 0 fully saturated rings. The minimum atomic E-state index is 0.317. The van der Waals surface area contributed by atoms with Gasteiger partial charge in [0, 0.05) is 18.0 Å². The normalized spacial score (nSPS) is 9.27. The Morgan fingerprint density at radius 2 is 1.67 bits per heavy atom. The summed E-state index contributed by atoms with van der Waals surface area (Å²) in [5.74, 6) is 0.317. The van der Waals surface area contributed by atoms with E-state index in [1.165, 1.54) is 0 Å². The number of aromatic nitrogens is 2. The molecule has 2 aromatic rings. The smallest absolute Gasteiger partial charge is 0.236 e. The van der Waals surface area contributed by atoms with Gasteiger partial charge in [0.15, 0.2) is 6.19 Å². The zero-order valence-corrected chi connectivity index (χ0v) is 7.88. The highest BCUT2D eigenvalue weighted by atomic mass is 15.1. The highest BCUT2D eigenvalue weighted by molar-refractivity contribution is 5.61. The van der Waals surface area contributed by atoms with Crippen molar-refractivity contribution >= 4 is 5.95 Å². The molecule has 1 aromatic carbocycles. The third kappa shape index (κ3) is 2.09. The number of nitrogens with zero attached hydrogens (tertiary/aromatic N) is 3. The third-order valence-corrected chi connectivity index (χ3v) is 1.93. The number of nitrogens with one attached hydrogen (secondary N) is 1. The lowest BCUT2D eigenvalue weighted by molar-refractivity contribution is 1.17. The lowest BCUT2D eigenvalue weighted by Gasteiger charge is -2.00. The summed E-state index contributed by atoms with van der Waals surface area (Å²) in [5, 5.41) is 10.7. The van der Waals surface area contributed by atoms with Gasteiger partial charge in [0.1, 0.15) is 0 Å². The summed E-state index contributed by atoms with van der Waals surface area (Å²) < 4.78 is 0. The lowest BCUT2D eigenvalue weighted by atomic mass is 10.1. The van der Waals surface area contributed by atoms with E-state index in [-0.39, 0.29) is 0 Å². The average molecular weight is 196 g/mol. The molecule has 0 aliphatic rings. The van der Waals surface area contributed by atoms with E-state index in [0.29, 0.717) is 5.95 Å². The van der Waals surface area contributed by atoms with Crippen LogP contribution in [0.4, 0.5) is 5.95 Å². The summed E-state index contributed by atoms with van der Waals surface area (Å²) in [6.45, 7) is 0. The Bertz CT molecular complexity index is 470. The molecule has 0 amide bonds. The molecule has 0 saturated heterocycles. The average Bonchev–Trinajstić information content (AvgIpc) is 2.32. The van der Waals surface area contributed by atoms with Crippen LogP contribution in [0.3, 0.4) is 0 Å². The topological polar surface area (TPSA) is 61.6 Å². The number of hydrogen-bond acceptors (Lipinski definition) is 4. The fourth-order valence-corrected chi connectivity index (χ4v) is 1.22. The zero-order valence-electron chi connectivity index (χ0n) is 7.88. The van der Waals surface area contributed by atoms with Crippen molar-refractivity contribution in [3.05, 3.63) is 42.7 Å². The van der Waals surface area contributed by atoms with Gasteiger partial charge in [0.2, 0.25) is 5.95 Å². The van der Waals surface area contributed by atoms with Crippen LogP contribution in [0.2, 0.25) is 0 Å². The van der Waals surface area contributed by atoms with Crippen molar-refractivity contribution in [1.82, 2.24) is 9.97 Å². The Morgan fingerprint density at radius 3 is 2.27 bits per heavy atom. The molecule has 0 bridgehead atoms. The first-order valence-electron chi connectivity index (χ1n) is 4.43. The van der Waals surface area contributed by atoms with Gasteiger partial charge in [-0.15, -0.1) is 0 Å². The van der Waals surface area contributed by atoms with E-state index in [1.807, 2.05) is 30.3 Å². The monoisotopic (exact) mass is 196 g/mol. The second kappa shape index (κ2) is 4.20. The molecule has 0 radical (unpaired) electrons. The molecule has 1 aromatic heterocycles. The van der Waals surface area contributed by atoms with Gasteiger partial charge >= 0.3 is 0 Å². The van der Waals surface area contributed by atoms with Gasteiger partial charge in [0.25, 0.3) is 0 Å². The molecule has 4 nitrogen and oxygen atoms in total. The molecule has 0 unspecified atom stereocenters. The Kier molecular flexibility index (Phi) is 2.56. The van der Waals surface area contributed by atoms with Gasteiger partial charge < -0.3 is 0 Å². The second-order valence-electron chi connectivity index (χ2n) is 2.90. The van der Waals surface area contributed by atoms with Gasteiger partial charge in [-0.25, -0.2) is 9.97 Å². The van der Waals surface area contributed by atoms with Crippen LogP contribution >= 0.6 is 0 Å². The summed E-state index contributed by atoms with van der Waals surface area (Å²) >= 11 is 0. The molecule has 4 heteroatoms. The van der Waals surface area contributed by atoms with E-state index in [0.717, 1.165) is 11.1 Å². The predicted molar refractivity (Wildman–Crippen MR) is 56.7 cm³/mol. The van der Waals surface area contributed by atoms with Gasteiger partial charge in [-0.1, -0.05) is 30.3 Å². The molecule has 1 heterocycles. The molecule has 0 spiro atoms. The van der Waals surface area contributed by atoms with E-state index in [4.69, 9.17) is 5.26 Å². The SMILES string of the molecule is N#CNc1ncc(-c2ccccc2)cn1. The van der Waals surface area contributed by atoms with Crippen molar-refractivity contribution in [3.8, 4) is 17.3 Å². The summed E-state index contributed by atoms with van der Waals surface area (Å²) in [5.41, 5.74) is 1.99. The number of hydrogen-bond donors (Lipinski definition) is 1. The first-order valence-corrected chi connectivity index (χ1v) is 4.43. The molecule has 0 saturated carbocycles. The fraction of sp³-hybridized carbons (Fsp3) is 0. The van der Waals surface area contributed by atoms with Gasteiger partial charge in [-0.05, 0) is 5.56 Å². The van der Waals surface area contributed by atoms with Crippen LogP contribution in [-0.4, -0.2) is 9.97 Å². The molecule has 2 rings (SSSR count).